The highest BCUT2D eigenvalue weighted by atomic mass is 16.4. The van der Waals surface area contributed by atoms with Gasteiger partial charge in [-0.15, -0.1) is 0 Å². The number of nitrogens with one attached hydrogen (secondary N) is 3. The van der Waals surface area contributed by atoms with Crippen LogP contribution < -0.4 is 16.0 Å². The fourth-order valence-corrected chi connectivity index (χ4v) is 1.27. The number of carboxylic acid groups (broad SMARTS) is 1. The molecule has 102 valence electrons. The number of urea groups is 1. The van der Waals surface area contributed by atoms with Gasteiger partial charge in [0.2, 0.25) is 5.91 Å². The van der Waals surface area contributed by atoms with Gasteiger partial charge in [0.15, 0.2) is 0 Å². The molecule has 19 heavy (non-hydrogen) atoms. The molecule has 0 aliphatic carbocycles. The Labute approximate surface area is 110 Å². The maximum Gasteiger partial charge on any atom is 0.325 e. The van der Waals surface area contributed by atoms with Crippen LogP contribution in [0.25, 0.3) is 0 Å². The van der Waals surface area contributed by atoms with Crippen molar-refractivity contribution in [3.63, 3.8) is 0 Å². The predicted molar refractivity (Wildman–Crippen MR) is 70.0 cm³/mol. The minimum absolute atomic E-state index is 0.186. The number of amides is 3. The van der Waals surface area contributed by atoms with E-state index < -0.39 is 18.0 Å². The summed E-state index contributed by atoms with van der Waals surface area (Å²) >= 11 is 0. The molecule has 0 saturated carbocycles. The Morgan fingerprint density at radius 2 is 1.53 bits per heavy atom. The molecular weight excluding hydrogens is 250 g/mol. The van der Waals surface area contributed by atoms with Gasteiger partial charge in [-0.25, -0.2) is 4.79 Å². The smallest absolute Gasteiger partial charge is 0.325 e. The lowest BCUT2D eigenvalue weighted by Gasteiger charge is -2.11. The van der Waals surface area contributed by atoms with Gasteiger partial charge in [-0.1, -0.05) is 0 Å². The van der Waals surface area contributed by atoms with Crippen LogP contribution in [0.5, 0.6) is 0 Å². The van der Waals surface area contributed by atoms with E-state index in [1.165, 1.54) is 13.8 Å². The van der Waals surface area contributed by atoms with Crippen LogP contribution in [0.3, 0.4) is 0 Å². The topological polar surface area (TPSA) is 108 Å². The average molecular weight is 265 g/mol. The van der Waals surface area contributed by atoms with Gasteiger partial charge in [0, 0.05) is 18.3 Å². The van der Waals surface area contributed by atoms with Crippen LogP contribution in [0.15, 0.2) is 24.3 Å². The molecule has 0 aromatic heterocycles. The molecule has 0 fully saturated rings. The second kappa shape index (κ2) is 6.39. The first-order valence-electron chi connectivity index (χ1n) is 5.56. The molecule has 0 aliphatic heterocycles. The summed E-state index contributed by atoms with van der Waals surface area (Å²) in [6.07, 6.45) is 0. The summed E-state index contributed by atoms with van der Waals surface area (Å²) in [4.78, 5) is 32.8. The van der Waals surface area contributed by atoms with E-state index in [1.54, 1.807) is 24.3 Å². The molecule has 1 rings (SSSR count). The lowest BCUT2D eigenvalue weighted by molar-refractivity contribution is -0.138. The van der Waals surface area contributed by atoms with Gasteiger partial charge in [-0.2, -0.15) is 0 Å². The lowest BCUT2D eigenvalue weighted by Crippen LogP contribution is -2.40. The molecule has 7 nitrogen and oxygen atoms in total. The van der Waals surface area contributed by atoms with Crippen molar-refractivity contribution < 1.29 is 19.5 Å². The molecule has 0 unspecified atom stereocenters. The second-order valence-corrected chi connectivity index (χ2v) is 3.92. The lowest BCUT2D eigenvalue weighted by atomic mass is 10.3. The van der Waals surface area contributed by atoms with E-state index in [4.69, 9.17) is 5.11 Å². The zero-order valence-electron chi connectivity index (χ0n) is 10.6. The van der Waals surface area contributed by atoms with Gasteiger partial charge < -0.3 is 21.1 Å². The van der Waals surface area contributed by atoms with Crippen LogP contribution in [-0.4, -0.2) is 29.1 Å². The molecule has 0 radical (unpaired) electrons. The summed E-state index contributed by atoms with van der Waals surface area (Å²) in [6, 6.07) is 4.85. The highest BCUT2D eigenvalue weighted by molar-refractivity contribution is 5.93. The van der Waals surface area contributed by atoms with Gasteiger partial charge in [-0.3, -0.25) is 9.59 Å². The third-order valence-corrected chi connectivity index (χ3v) is 2.18. The number of hydrogen-bond acceptors (Lipinski definition) is 3. The van der Waals surface area contributed by atoms with Crippen molar-refractivity contribution in [2.24, 2.45) is 0 Å². The summed E-state index contributed by atoms with van der Waals surface area (Å²) < 4.78 is 0. The van der Waals surface area contributed by atoms with E-state index >= 15 is 0 Å². The molecule has 1 aromatic carbocycles. The monoisotopic (exact) mass is 265 g/mol. The van der Waals surface area contributed by atoms with Crippen LogP contribution in [0.2, 0.25) is 0 Å². The fraction of sp³-hybridized carbons (Fsp3) is 0.250. The quantitative estimate of drug-likeness (QED) is 0.656. The second-order valence-electron chi connectivity index (χ2n) is 3.92. The number of carbonyl (C=O) groups is 3. The first-order chi connectivity index (χ1) is 8.88. The van der Waals surface area contributed by atoms with Crippen molar-refractivity contribution in [1.29, 1.82) is 0 Å². The van der Waals surface area contributed by atoms with E-state index in [1.807, 2.05) is 0 Å². The van der Waals surface area contributed by atoms with Crippen molar-refractivity contribution in [3.8, 4) is 0 Å². The van der Waals surface area contributed by atoms with E-state index in [9.17, 15) is 14.4 Å². The number of carboxylic acids is 1. The highest BCUT2D eigenvalue weighted by Crippen LogP contribution is 2.13. The largest absolute Gasteiger partial charge is 0.480 e. The normalized spacial score (nSPS) is 11.3. The van der Waals surface area contributed by atoms with Crippen molar-refractivity contribution in [3.05, 3.63) is 24.3 Å². The van der Waals surface area contributed by atoms with Crippen LogP contribution in [0.1, 0.15) is 13.8 Å². The van der Waals surface area contributed by atoms with E-state index in [0.717, 1.165) is 0 Å². The van der Waals surface area contributed by atoms with Crippen LogP contribution in [0.4, 0.5) is 16.2 Å². The Balaban J connectivity index is 2.55. The number of anilines is 2. The summed E-state index contributed by atoms with van der Waals surface area (Å²) in [6.45, 7) is 2.76. The van der Waals surface area contributed by atoms with Gasteiger partial charge >= 0.3 is 12.0 Å². The third-order valence-electron chi connectivity index (χ3n) is 2.18. The Morgan fingerprint density at radius 3 is 1.95 bits per heavy atom. The zero-order chi connectivity index (χ0) is 14.4. The van der Waals surface area contributed by atoms with Crippen LogP contribution >= 0.6 is 0 Å². The standard InChI is InChI=1S/C12H15N3O4/c1-7(11(17)18)13-12(19)15-10-5-3-9(4-6-10)14-8(2)16/h3-7H,1-2H3,(H,14,16)(H,17,18)(H2,13,15,19)/t7-/m0/s1. The number of aliphatic carboxylic acids is 1. The summed E-state index contributed by atoms with van der Waals surface area (Å²) in [5, 5.41) is 16.0. The molecule has 0 bridgehead atoms. The number of rotatable bonds is 4. The zero-order valence-corrected chi connectivity index (χ0v) is 10.6. The minimum atomic E-state index is -1.11. The van der Waals surface area contributed by atoms with Crippen molar-refractivity contribution >= 4 is 29.3 Å². The summed E-state index contributed by atoms with van der Waals surface area (Å²) in [5.74, 6) is -1.30. The van der Waals surface area contributed by atoms with Crippen LogP contribution in [-0.2, 0) is 9.59 Å². The molecule has 0 heterocycles. The van der Waals surface area contributed by atoms with Crippen molar-refractivity contribution in [2.75, 3.05) is 10.6 Å². The van der Waals surface area contributed by atoms with Gasteiger partial charge in [0.1, 0.15) is 6.04 Å². The molecule has 7 heteroatoms. The van der Waals surface area contributed by atoms with Gasteiger partial charge in [-0.05, 0) is 31.2 Å². The van der Waals surface area contributed by atoms with Crippen molar-refractivity contribution in [1.82, 2.24) is 5.32 Å². The maximum atomic E-state index is 11.4. The Hall–Kier alpha value is -2.57. The first kappa shape index (κ1) is 14.5. The van der Waals surface area contributed by atoms with E-state index in [-0.39, 0.29) is 5.91 Å². The van der Waals surface area contributed by atoms with E-state index in [2.05, 4.69) is 16.0 Å². The highest BCUT2D eigenvalue weighted by Gasteiger charge is 2.13. The minimum Gasteiger partial charge on any atom is -0.480 e. The SMILES string of the molecule is CC(=O)Nc1ccc(NC(=O)N[C@@H](C)C(=O)O)cc1. The molecule has 0 aliphatic rings. The van der Waals surface area contributed by atoms with E-state index in [0.29, 0.717) is 11.4 Å². The molecule has 1 aromatic rings. The summed E-state index contributed by atoms with van der Waals surface area (Å²) in [5.41, 5.74) is 1.10. The van der Waals surface area contributed by atoms with Gasteiger partial charge in [0.25, 0.3) is 0 Å². The molecule has 0 spiro atoms. The molecule has 0 saturated heterocycles. The molecule has 1 atom stereocenters. The maximum absolute atomic E-state index is 11.4. The van der Waals surface area contributed by atoms with Gasteiger partial charge in [0.05, 0.1) is 0 Å². The Bertz CT molecular complexity index is 484. The van der Waals surface area contributed by atoms with Crippen LogP contribution in [0, 0.1) is 0 Å². The molecular formula is C12H15N3O4. The predicted octanol–water partition coefficient (Wildman–Crippen LogP) is 1.24. The Kier molecular flexibility index (Phi) is 4.87. The first-order valence-corrected chi connectivity index (χ1v) is 5.56. The van der Waals surface area contributed by atoms with Crippen molar-refractivity contribution in [2.45, 2.75) is 19.9 Å². The fourth-order valence-electron chi connectivity index (χ4n) is 1.27. The molecule has 4 N–H and O–H groups in total. The third kappa shape index (κ3) is 5.07. The Morgan fingerprint density at radius 1 is 1.05 bits per heavy atom. The summed E-state index contributed by atoms with van der Waals surface area (Å²) in [7, 11) is 0. The number of benzene rings is 1. The number of carbonyl (C=O) groups excluding carboxylic acids is 2. The molecule has 3 amide bonds. The number of hydrogen-bond donors (Lipinski definition) is 4. The average Bonchev–Trinajstić information content (AvgIpc) is 2.30.